The number of aliphatic imine (C=N–C) groups is 1. The molecule has 24 heavy (non-hydrogen) atoms. The standard InChI is InChI=1S/C19H24FN3O/c1-21-19(22-11-10-15-6-8-18(20)9-7-15)23-13-16-4-3-5-17(12-16)14-24-2/h3-9,12H,10-11,13-14H2,1-2H3,(H2,21,22,23). The van der Waals surface area contributed by atoms with Crippen molar-refractivity contribution in [2.24, 2.45) is 4.99 Å². The van der Waals surface area contributed by atoms with Crippen molar-refractivity contribution in [3.05, 3.63) is 71.0 Å². The van der Waals surface area contributed by atoms with Crippen molar-refractivity contribution >= 4 is 5.96 Å². The number of nitrogens with one attached hydrogen (secondary N) is 2. The van der Waals surface area contributed by atoms with Crippen molar-refractivity contribution in [2.75, 3.05) is 20.7 Å². The number of benzene rings is 2. The Kier molecular flexibility index (Phi) is 7.23. The van der Waals surface area contributed by atoms with Crippen molar-refractivity contribution < 1.29 is 9.13 Å². The molecule has 0 saturated carbocycles. The molecular weight excluding hydrogens is 305 g/mol. The van der Waals surface area contributed by atoms with E-state index in [9.17, 15) is 4.39 Å². The first-order valence-electron chi connectivity index (χ1n) is 7.97. The van der Waals surface area contributed by atoms with Crippen LogP contribution in [-0.2, 0) is 24.3 Å². The van der Waals surface area contributed by atoms with E-state index in [0.29, 0.717) is 13.2 Å². The fourth-order valence-corrected chi connectivity index (χ4v) is 2.38. The van der Waals surface area contributed by atoms with E-state index < -0.39 is 0 Å². The van der Waals surface area contributed by atoms with E-state index in [4.69, 9.17) is 4.74 Å². The zero-order chi connectivity index (χ0) is 17.2. The summed E-state index contributed by atoms with van der Waals surface area (Å²) in [7, 11) is 3.44. The number of guanidine groups is 1. The number of methoxy groups -OCH3 is 1. The second-order valence-corrected chi connectivity index (χ2v) is 5.48. The van der Waals surface area contributed by atoms with Gasteiger partial charge in [-0.1, -0.05) is 36.4 Å². The molecule has 4 nitrogen and oxygen atoms in total. The van der Waals surface area contributed by atoms with Crippen LogP contribution in [0.5, 0.6) is 0 Å². The minimum atomic E-state index is -0.208. The van der Waals surface area contributed by atoms with Gasteiger partial charge in [-0.05, 0) is 35.2 Å². The van der Waals surface area contributed by atoms with Crippen molar-refractivity contribution in [1.29, 1.82) is 0 Å². The van der Waals surface area contributed by atoms with E-state index in [1.807, 2.05) is 12.1 Å². The summed E-state index contributed by atoms with van der Waals surface area (Å²) < 4.78 is 18.0. The van der Waals surface area contributed by atoms with Crippen LogP contribution in [0.1, 0.15) is 16.7 Å². The van der Waals surface area contributed by atoms with Crippen molar-refractivity contribution in [3.63, 3.8) is 0 Å². The first kappa shape index (κ1) is 17.9. The Balaban J connectivity index is 1.78. The zero-order valence-electron chi connectivity index (χ0n) is 14.2. The predicted octanol–water partition coefficient (Wildman–Crippen LogP) is 2.88. The zero-order valence-corrected chi connectivity index (χ0v) is 14.2. The summed E-state index contributed by atoms with van der Waals surface area (Å²) in [6.45, 7) is 2.03. The fourth-order valence-electron chi connectivity index (χ4n) is 2.38. The second kappa shape index (κ2) is 9.67. The number of nitrogens with zero attached hydrogens (tertiary/aromatic N) is 1. The van der Waals surface area contributed by atoms with Crippen LogP contribution in [0.25, 0.3) is 0 Å². The van der Waals surface area contributed by atoms with Gasteiger partial charge in [-0.15, -0.1) is 0 Å². The Hall–Kier alpha value is -2.40. The minimum Gasteiger partial charge on any atom is -0.380 e. The van der Waals surface area contributed by atoms with Crippen molar-refractivity contribution in [3.8, 4) is 0 Å². The van der Waals surface area contributed by atoms with Gasteiger partial charge in [0.25, 0.3) is 0 Å². The molecule has 0 fully saturated rings. The van der Waals surface area contributed by atoms with Crippen molar-refractivity contribution in [1.82, 2.24) is 10.6 Å². The molecule has 128 valence electrons. The van der Waals surface area contributed by atoms with Gasteiger partial charge in [-0.2, -0.15) is 0 Å². The molecule has 0 amide bonds. The number of ether oxygens (including phenoxy) is 1. The molecule has 0 heterocycles. The highest BCUT2D eigenvalue weighted by Crippen LogP contribution is 2.06. The van der Waals surface area contributed by atoms with Crippen LogP contribution >= 0.6 is 0 Å². The number of hydrogen-bond acceptors (Lipinski definition) is 2. The maximum absolute atomic E-state index is 12.9. The van der Waals surface area contributed by atoms with Gasteiger partial charge in [-0.25, -0.2) is 4.39 Å². The molecule has 0 bridgehead atoms. The lowest BCUT2D eigenvalue weighted by atomic mass is 10.1. The highest BCUT2D eigenvalue weighted by Gasteiger charge is 2.00. The molecule has 0 aliphatic rings. The van der Waals surface area contributed by atoms with Crippen LogP contribution in [0.4, 0.5) is 4.39 Å². The molecule has 2 rings (SSSR count). The summed E-state index contributed by atoms with van der Waals surface area (Å²) in [5, 5.41) is 6.55. The van der Waals surface area contributed by atoms with E-state index >= 15 is 0 Å². The average Bonchev–Trinajstić information content (AvgIpc) is 2.60. The molecule has 0 aliphatic heterocycles. The molecule has 0 unspecified atom stereocenters. The third-order valence-electron chi connectivity index (χ3n) is 3.61. The highest BCUT2D eigenvalue weighted by molar-refractivity contribution is 5.79. The van der Waals surface area contributed by atoms with Gasteiger partial charge in [0.05, 0.1) is 6.61 Å². The third-order valence-corrected chi connectivity index (χ3v) is 3.61. The lowest BCUT2D eigenvalue weighted by Crippen LogP contribution is -2.37. The van der Waals surface area contributed by atoms with Gasteiger partial charge >= 0.3 is 0 Å². The van der Waals surface area contributed by atoms with E-state index in [2.05, 4.69) is 27.8 Å². The molecule has 0 spiro atoms. The van der Waals surface area contributed by atoms with Crippen LogP contribution in [-0.4, -0.2) is 26.7 Å². The van der Waals surface area contributed by atoms with Crippen LogP contribution in [0.15, 0.2) is 53.5 Å². The summed E-state index contributed by atoms with van der Waals surface area (Å²) in [6, 6.07) is 14.8. The van der Waals surface area contributed by atoms with E-state index in [0.717, 1.165) is 30.1 Å². The first-order valence-corrected chi connectivity index (χ1v) is 7.97. The molecule has 2 N–H and O–H groups in total. The lowest BCUT2D eigenvalue weighted by molar-refractivity contribution is 0.185. The SMILES string of the molecule is CN=C(NCCc1ccc(F)cc1)NCc1cccc(COC)c1. The highest BCUT2D eigenvalue weighted by atomic mass is 19.1. The summed E-state index contributed by atoms with van der Waals surface area (Å²) in [5.74, 6) is 0.536. The van der Waals surface area contributed by atoms with Crippen LogP contribution in [0.2, 0.25) is 0 Å². The number of rotatable bonds is 7. The average molecular weight is 329 g/mol. The monoisotopic (exact) mass is 329 g/mol. The molecule has 2 aromatic rings. The van der Waals surface area contributed by atoms with Gasteiger partial charge in [0, 0.05) is 27.2 Å². The molecule has 2 aromatic carbocycles. The normalized spacial score (nSPS) is 11.4. The maximum atomic E-state index is 12.9. The molecular formula is C19H24FN3O. The summed E-state index contributed by atoms with van der Waals surface area (Å²) in [4.78, 5) is 4.22. The van der Waals surface area contributed by atoms with Gasteiger partial charge in [-0.3, -0.25) is 4.99 Å². The van der Waals surface area contributed by atoms with Crippen LogP contribution in [0, 0.1) is 5.82 Å². The Bertz CT molecular complexity index is 656. The van der Waals surface area contributed by atoms with Gasteiger partial charge in [0.15, 0.2) is 5.96 Å². The van der Waals surface area contributed by atoms with Gasteiger partial charge in [0.2, 0.25) is 0 Å². The third kappa shape index (κ3) is 6.01. The molecule has 0 radical (unpaired) electrons. The van der Waals surface area contributed by atoms with E-state index in [1.54, 1.807) is 26.3 Å². The van der Waals surface area contributed by atoms with E-state index in [-0.39, 0.29) is 5.82 Å². The first-order chi connectivity index (χ1) is 11.7. The quantitative estimate of drug-likeness (QED) is 0.606. The molecule has 0 saturated heterocycles. The molecule has 5 heteroatoms. The molecule has 0 aromatic heterocycles. The van der Waals surface area contributed by atoms with Crippen LogP contribution in [0.3, 0.4) is 0 Å². The number of hydrogen-bond donors (Lipinski definition) is 2. The second-order valence-electron chi connectivity index (χ2n) is 5.48. The summed E-state index contributed by atoms with van der Waals surface area (Å²) in [6.07, 6.45) is 0.810. The topological polar surface area (TPSA) is 45.7 Å². The minimum absolute atomic E-state index is 0.208. The Labute approximate surface area is 142 Å². The Morgan fingerprint density at radius 1 is 1.04 bits per heavy atom. The molecule has 0 aliphatic carbocycles. The predicted molar refractivity (Wildman–Crippen MR) is 95.5 cm³/mol. The van der Waals surface area contributed by atoms with E-state index in [1.165, 1.54) is 17.7 Å². The van der Waals surface area contributed by atoms with Gasteiger partial charge < -0.3 is 15.4 Å². The Morgan fingerprint density at radius 2 is 1.79 bits per heavy atom. The maximum Gasteiger partial charge on any atom is 0.191 e. The lowest BCUT2D eigenvalue weighted by Gasteiger charge is -2.12. The summed E-state index contributed by atoms with van der Waals surface area (Å²) in [5.41, 5.74) is 3.41. The van der Waals surface area contributed by atoms with Crippen molar-refractivity contribution in [2.45, 2.75) is 19.6 Å². The fraction of sp³-hybridized carbons (Fsp3) is 0.316. The summed E-state index contributed by atoms with van der Waals surface area (Å²) >= 11 is 0. The van der Waals surface area contributed by atoms with Crippen LogP contribution < -0.4 is 10.6 Å². The smallest absolute Gasteiger partial charge is 0.191 e. The number of halogens is 1. The van der Waals surface area contributed by atoms with Gasteiger partial charge in [0.1, 0.15) is 5.82 Å². The molecule has 0 atom stereocenters. The Morgan fingerprint density at radius 3 is 2.50 bits per heavy atom. The largest absolute Gasteiger partial charge is 0.380 e.